The van der Waals surface area contributed by atoms with Gasteiger partial charge in [-0.2, -0.15) is 0 Å². The zero-order chi connectivity index (χ0) is 44.7. The second-order valence-electron chi connectivity index (χ2n) is 18.0. The van der Waals surface area contributed by atoms with E-state index >= 15 is 0 Å². The molecule has 2 nitrogen and oxygen atoms in total. The molecule has 12 aromatic carbocycles. The highest BCUT2D eigenvalue weighted by atomic mass is 15.0. The smallest absolute Gasteiger partial charge is 0.0788 e. The van der Waals surface area contributed by atoms with Gasteiger partial charge in [-0.05, 0) is 137 Å². The van der Waals surface area contributed by atoms with Gasteiger partial charge in [-0.3, -0.25) is 0 Å². The largest absolute Gasteiger partial charge is 0.307 e. The normalized spacial score (nSPS) is 11.8. The first-order valence-corrected chi connectivity index (χ1v) is 23.5. The van der Waals surface area contributed by atoms with Crippen molar-refractivity contribution in [1.29, 1.82) is 0 Å². The average Bonchev–Trinajstić information content (AvgIpc) is 3.94. The van der Waals surface area contributed by atoms with Gasteiger partial charge in [-0.25, -0.2) is 0 Å². The average molecular weight is 863 g/mol. The number of hydrogen-bond donors (Lipinski definition) is 0. The van der Waals surface area contributed by atoms with Crippen molar-refractivity contribution in [2.24, 2.45) is 0 Å². The summed E-state index contributed by atoms with van der Waals surface area (Å²) in [6, 6.07) is 93.8. The monoisotopic (exact) mass is 862 g/mol. The molecule has 2 heterocycles. The maximum absolute atomic E-state index is 2.52. The van der Waals surface area contributed by atoms with Crippen molar-refractivity contribution in [3.8, 4) is 55.9 Å². The summed E-state index contributed by atoms with van der Waals surface area (Å²) in [6.45, 7) is 0. The van der Waals surface area contributed by atoms with Crippen LogP contribution in [0.15, 0.2) is 255 Å². The number of benzene rings is 12. The van der Waals surface area contributed by atoms with Crippen molar-refractivity contribution in [3.63, 3.8) is 0 Å². The molecule has 316 valence electrons. The molecule has 0 fully saturated rings. The van der Waals surface area contributed by atoms with Crippen LogP contribution in [0.2, 0.25) is 0 Å². The van der Waals surface area contributed by atoms with Crippen molar-refractivity contribution in [1.82, 2.24) is 9.13 Å². The first-order chi connectivity index (χ1) is 33.7. The number of aromatic nitrogens is 2. The fourth-order valence-corrected chi connectivity index (χ4v) is 11.1. The molecule has 14 rings (SSSR count). The first-order valence-electron chi connectivity index (χ1n) is 23.5. The lowest BCUT2D eigenvalue weighted by Gasteiger charge is -2.14. The van der Waals surface area contributed by atoms with Crippen LogP contribution in [0.1, 0.15) is 0 Å². The molecule has 0 bridgehead atoms. The Morgan fingerprint density at radius 2 is 0.515 bits per heavy atom. The van der Waals surface area contributed by atoms with E-state index in [0.29, 0.717) is 0 Å². The van der Waals surface area contributed by atoms with E-state index in [2.05, 4.69) is 264 Å². The van der Waals surface area contributed by atoms with Crippen molar-refractivity contribution in [3.05, 3.63) is 255 Å². The maximum Gasteiger partial charge on any atom is 0.0788 e. The summed E-state index contributed by atoms with van der Waals surface area (Å²) in [5.74, 6) is 0. The molecule has 0 radical (unpaired) electrons. The predicted octanol–water partition coefficient (Wildman–Crippen LogP) is 18.0. The van der Waals surface area contributed by atoms with E-state index in [1.165, 1.54) is 120 Å². The summed E-state index contributed by atoms with van der Waals surface area (Å²) in [5, 5.41) is 12.6. The highest BCUT2D eigenvalue weighted by molar-refractivity contribution is 6.26. The molecule has 0 saturated carbocycles. The van der Waals surface area contributed by atoms with E-state index in [9.17, 15) is 0 Å². The molecule has 2 aromatic heterocycles. The van der Waals surface area contributed by atoms with Crippen LogP contribution in [0, 0.1) is 0 Å². The van der Waals surface area contributed by atoms with E-state index in [1.54, 1.807) is 0 Å². The summed E-state index contributed by atoms with van der Waals surface area (Å²) < 4.78 is 5.00. The third-order valence-electron chi connectivity index (χ3n) is 14.3. The Hall–Kier alpha value is -8.98. The van der Waals surface area contributed by atoms with Crippen molar-refractivity contribution in [2.45, 2.75) is 0 Å². The number of rotatable bonds is 6. The zero-order valence-electron chi connectivity index (χ0n) is 37.1. The Kier molecular flexibility index (Phi) is 8.62. The van der Waals surface area contributed by atoms with Crippen LogP contribution in [0.4, 0.5) is 0 Å². The van der Waals surface area contributed by atoms with Crippen molar-refractivity contribution in [2.75, 3.05) is 0 Å². The molecule has 0 aliphatic carbocycles. The van der Waals surface area contributed by atoms with Crippen LogP contribution in [0.5, 0.6) is 0 Å². The number of nitrogens with zero attached hydrogens (tertiary/aromatic N) is 2. The van der Waals surface area contributed by atoms with Gasteiger partial charge in [0, 0.05) is 32.9 Å². The molecule has 14 aromatic rings. The van der Waals surface area contributed by atoms with Crippen LogP contribution in [0.25, 0.3) is 132 Å². The van der Waals surface area contributed by atoms with Gasteiger partial charge in [0.05, 0.1) is 22.1 Å². The molecule has 0 aliphatic rings. The Morgan fingerprint density at radius 3 is 1.06 bits per heavy atom. The lowest BCUT2D eigenvalue weighted by Crippen LogP contribution is -1.99. The van der Waals surface area contributed by atoms with Gasteiger partial charge in [0.15, 0.2) is 0 Å². The molecule has 68 heavy (non-hydrogen) atoms. The highest BCUT2D eigenvalue weighted by Crippen LogP contribution is 2.44. The predicted molar refractivity (Wildman–Crippen MR) is 289 cm³/mol. The van der Waals surface area contributed by atoms with E-state index in [4.69, 9.17) is 0 Å². The van der Waals surface area contributed by atoms with E-state index in [0.717, 1.165) is 11.4 Å². The van der Waals surface area contributed by atoms with Gasteiger partial charge in [0.2, 0.25) is 0 Å². The second kappa shape index (κ2) is 15.3. The summed E-state index contributed by atoms with van der Waals surface area (Å²) >= 11 is 0. The van der Waals surface area contributed by atoms with Crippen LogP contribution < -0.4 is 0 Å². The van der Waals surface area contributed by atoms with E-state index < -0.39 is 0 Å². The summed E-state index contributed by atoms with van der Waals surface area (Å²) in [6.07, 6.45) is 0. The molecule has 0 spiro atoms. The minimum atomic E-state index is 1.12. The standard InChI is InChI=1S/C66H42N2/c1-4-16-43(17-5-1)48-31-36-63-61(41-48)58-34-35-59-62-42-49(44-18-6-2-7-19-44)32-37-64(62)68(66(59)65(58)67(63)51-23-8-3-9-24-51)52-25-15-22-47(39-52)45-20-14-21-46(38-45)50-30-33-57-55-28-11-10-26-53(55)54-27-12-13-29-56(54)60(57)40-50/h1-42H. The molecular formula is C66H42N2. The maximum atomic E-state index is 2.52. The quantitative estimate of drug-likeness (QED) is 0.147. The molecule has 0 atom stereocenters. The molecule has 0 aliphatic heterocycles. The second-order valence-corrected chi connectivity index (χ2v) is 18.0. The molecule has 2 heteroatoms. The zero-order valence-corrected chi connectivity index (χ0v) is 37.1. The fourth-order valence-electron chi connectivity index (χ4n) is 11.1. The SMILES string of the molecule is c1ccc(-c2ccc3c(c2)c2ccc4c5cc(-c6ccccc6)ccc5n(-c5cccc(-c6cccc(-c7ccc8c9ccccc9c9ccccc9c8c7)c6)c5)c4c2n3-c2ccccc2)cc1. The van der Waals surface area contributed by atoms with E-state index in [-0.39, 0.29) is 0 Å². The molecule has 0 unspecified atom stereocenters. The minimum Gasteiger partial charge on any atom is -0.307 e. The van der Waals surface area contributed by atoms with Crippen LogP contribution in [-0.2, 0) is 0 Å². The van der Waals surface area contributed by atoms with Gasteiger partial charge in [0.25, 0.3) is 0 Å². The van der Waals surface area contributed by atoms with Crippen molar-refractivity contribution < 1.29 is 0 Å². The first kappa shape index (κ1) is 38.3. The lowest BCUT2D eigenvalue weighted by atomic mass is 9.91. The van der Waals surface area contributed by atoms with Gasteiger partial charge in [-0.1, -0.05) is 194 Å². The topological polar surface area (TPSA) is 9.86 Å². The number of para-hydroxylation sites is 1. The number of hydrogen-bond acceptors (Lipinski definition) is 0. The fraction of sp³-hybridized carbons (Fsp3) is 0. The van der Waals surface area contributed by atoms with Gasteiger partial charge in [-0.15, -0.1) is 0 Å². The third-order valence-corrected chi connectivity index (χ3v) is 14.3. The summed E-state index contributed by atoms with van der Waals surface area (Å²) in [4.78, 5) is 0. The summed E-state index contributed by atoms with van der Waals surface area (Å²) in [7, 11) is 0. The van der Waals surface area contributed by atoms with Gasteiger partial charge in [0.1, 0.15) is 0 Å². The van der Waals surface area contributed by atoms with Gasteiger partial charge < -0.3 is 9.13 Å². The van der Waals surface area contributed by atoms with Crippen LogP contribution in [0.3, 0.4) is 0 Å². The summed E-state index contributed by atoms with van der Waals surface area (Å²) in [5.41, 5.74) is 16.6. The Bertz CT molecular complexity index is 4260. The number of fused-ring (bicyclic) bond motifs is 13. The molecule has 0 saturated heterocycles. The molecular weight excluding hydrogens is 821 g/mol. The Labute approximate surface area is 393 Å². The molecule has 0 N–H and O–H groups in total. The van der Waals surface area contributed by atoms with Crippen LogP contribution >= 0.6 is 0 Å². The third kappa shape index (κ3) is 5.98. The van der Waals surface area contributed by atoms with Crippen LogP contribution in [-0.4, -0.2) is 9.13 Å². The van der Waals surface area contributed by atoms with Crippen molar-refractivity contribution >= 4 is 75.9 Å². The minimum absolute atomic E-state index is 1.12. The highest BCUT2D eigenvalue weighted by Gasteiger charge is 2.23. The van der Waals surface area contributed by atoms with E-state index in [1.807, 2.05) is 0 Å². The Morgan fingerprint density at radius 1 is 0.176 bits per heavy atom. The van der Waals surface area contributed by atoms with Gasteiger partial charge >= 0.3 is 0 Å². The molecule has 0 amide bonds. The lowest BCUT2D eigenvalue weighted by molar-refractivity contribution is 1.15. The Balaban J connectivity index is 0.995.